The molecule has 1 unspecified atom stereocenters. The number of hydrogen-bond donors (Lipinski definition) is 0. The van der Waals surface area contributed by atoms with E-state index >= 15 is 0 Å². The zero-order chi connectivity index (χ0) is 15.8. The largest absolute Gasteiger partial charge is 0.295 e. The van der Waals surface area contributed by atoms with E-state index in [1.54, 1.807) is 17.0 Å². The summed E-state index contributed by atoms with van der Waals surface area (Å²) in [6.07, 6.45) is 6.40. The van der Waals surface area contributed by atoms with Gasteiger partial charge in [-0.15, -0.1) is 0 Å². The van der Waals surface area contributed by atoms with Crippen LogP contribution in [0, 0.1) is 5.92 Å². The Morgan fingerprint density at radius 3 is 2.96 bits per heavy atom. The maximum Gasteiger partial charge on any atom is 0.280 e. The van der Waals surface area contributed by atoms with Crippen LogP contribution < -0.4 is 5.56 Å². The van der Waals surface area contributed by atoms with E-state index in [4.69, 9.17) is 4.98 Å². The van der Waals surface area contributed by atoms with Crippen molar-refractivity contribution in [3.05, 3.63) is 52.8 Å². The summed E-state index contributed by atoms with van der Waals surface area (Å²) in [5.74, 6) is 1.50. The fraction of sp³-hybridized carbons (Fsp3) is 0.333. The van der Waals surface area contributed by atoms with Gasteiger partial charge in [0.25, 0.3) is 5.56 Å². The molecule has 23 heavy (non-hydrogen) atoms. The van der Waals surface area contributed by atoms with Crippen LogP contribution in [0.4, 0.5) is 0 Å². The maximum absolute atomic E-state index is 12.7. The van der Waals surface area contributed by atoms with Crippen LogP contribution in [0.3, 0.4) is 0 Å². The van der Waals surface area contributed by atoms with Crippen molar-refractivity contribution in [2.45, 2.75) is 32.7 Å². The summed E-state index contributed by atoms with van der Waals surface area (Å²) in [6, 6.07) is 7.67. The Hall–Kier alpha value is -2.56. The van der Waals surface area contributed by atoms with Crippen LogP contribution in [0.5, 0.6) is 0 Å². The zero-order valence-electron chi connectivity index (χ0n) is 13.1. The van der Waals surface area contributed by atoms with E-state index in [0.29, 0.717) is 17.0 Å². The van der Waals surface area contributed by atoms with Gasteiger partial charge in [0.1, 0.15) is 5.82 Å². The molecule has 0 bridgehead atoms. The first-order chi connectivity index (χ1) is 11.2. The molecule has 0 N–H and O–H groups in total. The number of pyridine rings is 2. The molecule has 0 aromatic carbocycles. The SMILES string of the molecule is CC1CCc2nc3cc(-c4ccccn4)cnc3c(=O)n2CC1. The summed E-state index contributed by atoms with van der Waals surface area (Å²) in [5, 5.41) is 0. The quantitative estimate of drug-likeness (QED) is 0.693. The molecule has 3 aromatic rings. The Morgan fingerprint density at radius 1 is 1.22 bits per heavy atom. The molecular weight excluding hydrogens is 288 g/mol. The lowest BCUT2D eigenvalue weighted by atomic mass is 10.0. The van der Waals surface area contributed by atoms with E-state index in [0.717, 1.165) is 42.9 Å². The lowest BCUT2D eigenvalue weighted by molar-refractivity contribution is 0.483. The molecule has 0 saturated heterocycles. The molecule has 3 aromatic heterocycles. The molecule has 1 aliphatic rings. The number of rotatable bonds is 1. The van der Waals surface area contributed by atoms with Crippen molar-refractivity contribution < 1.29 is 0 Å². The number of hydrogen-bond acceptors (Lipinski definition) is 4. The summed E-state index contributed by atoms with van der Waals surface area (Å²) < 4.78 is 1.80. The number of aromatic nitrogens is 4. The van der Waals surface area contributed by atoms with Gasteiger partial charge in [-0.2, -0.15) is 0 Å². The van der Waals surface area contributed by atoms with E-state index in [-0.39, 0.29) is 5.56 Å². The second-order valence-corrected chi connectivity index (χ2v) is 6.22. The molecule has 5 heteroatoms. The molecule has 4 heterocycles. The van der Waals surface area contributed by atoms with Crippen LogP contribution in [0.25, 0.3) is 22.3 Å². The molecule has 116 valence electrons. The van der Waals surface area contributed by atoms with E-state index in [1.807, 2.05) is 24.3 Å². The van der Waals surface area contributed by atoms with E-state index in [1.165, 1.54) is 0 Å². The highest BCUT2D eigenvalue weighted by atomic mass is 16.1. The average molecular weight is 306 g/mol. The first kappa shape index (κ1) is 14.1. The number of nitrogens with zero attached hydrogens (tertiary/aromatic N) is 4. The molecule has 1 aliphatic heterocycles. The van der Waals surface area contributed by atoms with Gasteiger partial charge in [-0.25, -0.2) is 9.97 Å². The van der Waals surface area contributed by atoms with Crippen molar-refractivity contribution in [1.29, 1.82) is 0 Å². The van der Waals surface area contributed by atoms with Crippen molar-refractivity contribution in [2.24, 2.45) is 5.92 Å². The van der Waals surface area contributed by atoms with Crippen molar-refractivity contribution >= 4 is 11.0 Å². The van der Waals surface area contributed by atoms with Crippen molar-refractivity contribution in [3.63, 3.8) is 0 Å². The lowest BCUT2D eigenvalue weighted by Gasteiger charge is -2.10. The van der Waals surface area contributed by atoms with Gasteiger partial charge in [0.05, 0.1) is 11.2 Å². The monoisotopic (exact) mass is 306 g/mol. The minimum Gasteiger partial charge on any atom is -0.295 e. The van der Waals surface area contributed by atoms with Crippen LogP contribution in [0.2, 0.25) is 0 Å². The molecule has 5 nitrogen and oxygen atoms in total. The Morgan fingerprint density at radius 2 is 2.13 bits per heavy atom. The van der Waals surface area contributed by atoms with Crippen LogP contribution in [-0.4, -0.2) is 19.5 Å². The molecule has 0 spiro atoms. The van der Waals surface area contributed by atoms with Gasteiger partial charge in [0.15, 0.2) is 5.52 Å². The molecule has 0 radical (unpaired) electrons. The number of aryl methyl sites for hydroxylation is 1. The lowest BCUT2D eigenvalue weighted by Crippen LogP contribution is -2.25. The topological polar surface area (TPSA) is 60.7 Å². The number of fused-ring (bicyclic) bond motifs is 2. The summed E-state index contributed by atoms with van der Waals surface area (Å²) in [4.78, 5) is 26.2. The molecule has 0 aliphatic carbocycles. The Labute approximate surface area is 134 Å². The van der Waals surface area contributed by atoms with Crippen molar-refractivity contribution in [2.75, 3.05) is 0 Å². The van der Waals surface area contributed by atoms with Gasteiger partial charge in [0, 0.05) is 30.9 Å². The third-order valence-electron chi connectivity index (χ3n) is 4.54. The third kappa shape index (κ3) is 2.52. The van der Waals surface area contributed by atoms with Crippen molar-refractivity contribution in [1.82, 2.24) is 19.5 Å². The summed E-state index contributed by atoms with van der Waals surface area (Å²) >= 11 is 0. The van der Waals surface area contributed by atoms with E-state index in [2.05, 4.69) is 16.9 Å². The van der Waals surface area contributed by atoms with E-state index in [9.17, 15) is 4.79 Å². The zero-order valence-corrected chi connectivity index (χ0v) is 13.1. The second kappa shape index (κ2) is 5.57. The van der Waals surface area contributed by atoms with Crippen molar-refractivity contribution in [3.8, 4) is 11.3 Å². The minimum absolute atomic E-state index is 0.0216. The molecule has 1 atom stereocenters. The standard InChI is InChI=1S/C18H18N4O/c1-12-5-6-16-21-15-10-13(14-4-2-3-8-19-14)11-20-17(15)18(23)22(16)9-7-12/h2-4,8,10-12H,5-7,9H2,1H3. The normalized spacial score (nSPS) is 17.7. The highest BCUT2D eigenvalue weighted by Gasteiger charge is 2.17. The Balaban J connectivity index is 1.88. The predicted octanol–water partition coefficient (Wildman–Crippen LogP) is 2.83. The molecule has 0 amide bonds. The second-order valence-electron chi connectivity index (χ2n) is 6.22. The summed E-state index contributed by atoms with van der Waals surface area (Å²) in [7, 11) is 0. The average Bonchev–Trinajstić information content (AvgIpc) is 2.78. The van der Waals surface area contributed by atoms with Gasteiger partial charge in [-0.3, -0.25) is 14.3 Å². The van der Waals surface area contributed by atoms with Gasteiger partial charge in [-0.05, 0) is 37.0 Å². The summed E-state index contributed by atoms with van der Waals surface area (Å²) in [6.45, 7) is 2.97. The van der Waals surface area contributed by atoms with Gasteiger partial charge in [-0.1, -0.05) is 13.0 Å². The summed E-state index contributed by atoms with van der Waals surface area (Å²) in [5.41, 5.74) is 2.82. The smallest absolute Gasteiger partial charge is 0.280 e. The highest BCUT2D eigenvalue weighted by Crippen LogP contribution is 2.21. The van der Waals surface area contributed by atoms with Crippen LogP contribution in [0.1, 0.15) is 25.6 Å². The molecule has 4 rings (SSSR count). The third-order valence-corrected chi connectivity index (χ3v) is 4.54. The molecular formula is C18H18N4O. The first-order valence-electron chi connectivity index (χ1n) is 8.03. The Kier molecular flexibility index (Phi) is 3.41. The fourth-order valence-electron chi connectivity index (χ4n) is 3.11. The minimum atomic E-state index is -0.0216. The van der Waals surface area contributed by atoms with Crippen LogP contribution in [-0.2, 0) is 13.0 Å². The predicted molar refractivity (Wildman–Crippen MR) is 89.1 cm³/mol. The Bertz CT molecular complexity index is 917. The van der Waals surface area contributed by atoms with Gasteiger partial charge >= 0.3 is 0 Å². The maximum atomic E-state index is 12.7. The van der Waals surface area contributed by atoms with Crippen LogP contribution >= 0.6 is 0 Å². The highest BCUT2D eigenvalue weighted by molar-refractivity contribution is 5.78. The molecule has 0 fully saturated rings. The van der Waals surface area contributed by atoms with E-state index < -0.39 is 0 Å². The van der Waals surface area contributed by atoms with Crippen LogP contribution in [0.15, 0.2) is 41.5 Å². The van der Waals surface area contributed by atoms with Gasteiger partial charge < -0.3 is 0 Å². The first-order valence-corrected chi connectivity index (χ1v) is 8.03. The molecule has 0 saturated carbocycles. The van der Waals surface area contributed by atoms with Gasteiger partial charge in [0.2, 0.25) is 0 Å². The fourth-order valence-corrected chi connectivity index (χ4v) is 3.11.